The first kappa shape index (κ1) is 14.0. The molecule has 0 radical (unpaired) electrons. The molecule has 2 nitrogen and oxygen atoms in total. The Morgan fingerprint density at radius 2 is 1.81 bits per heavy atom. The van der Waals surface area contributed by atoms with Gasteiger partial charge in [0.25, 0.3) is 0 Å². The van der Waals surface area contributed by atoms with Gasteiger partial charge in [0, 0.05) is 0 Å². The van der Waals surface area contributed by atoms with Crippen molar-refractivity contribution in [1.82, 2.24) is 0 Å². The van der Waals surface area contributed by atoms with E-state index in [2.05, 4.69) is 6.92 Å². The molecule has 0 heterocycles. The lowest BCUT2D eigenvalue weighted by molar-refractivity contribution is -0.0299. The number of rotatable bonds is 6. The third-order valence-electron chi connectivity index (χ3n) is 3.73. The van der Waals surface area contributed by atoms with Crippen molar-refractivity contribution in [3.8, 4) is 0 Å². The summed E-state index contributed by atoms with van der Waals surface area (Å²) in [5.74, 6) is 1.39. The minimum absolute atomic E-state index is 0.228. The molecule has 16 heavy (non-hydrogen) atoms. The van der Waals surface area contributed by atoms with Gasteiger partial charge in [-0.15, -0.1) is 0 Å². The minimum atomic E-state index is -0.245. The van der Waals surface area contributed by atoms with Crippen LogP contribution in [0, 0.1) is 11.8 Å². The molecule has 1 rings (SSSR count). The van der Waals surface area contributed by atoms with Crippen LogP contribution in [0.25, 0.3) is 0 Å². The maximum atomic E-state index is 10.0. The Hall–Kier alpha value is -0.0800. The van der Waals surface area contributed by atoms with Crippen LogP contribution in [0.3, 0.4) is 0 Å². The van der Waals surface area contributed by atoms with Crippen LogP contribution in [-0.4, -0.2) is 23.9 Å². The molecule has 0 aromatic heterocycles. The lowest BCUT2D eigenvalue weighted by Crippen LogP contribution is -2.30. The van der Waals surface area contributed by atoms with Crippen molar-refractivity contribution in [2.24, 2.45) is 11.8 Å². The summed E-state index contributed by atoms with van der Waals surface area (Å²) in [6.07, 6.45) is 7.63. The van der Waals surface area contributed by atoms with Crippen molar-refractivity contribution in [2.45, 2.75) is 71.5 Å². The molecule has 0 aliphatic heterocycles. The van der Waals surface area contributed by atoms with Crippen LogP contribution >= 0.6 is 0 Å². The molecule has 1 atom stereocenters. The highest BCUT2D eigenvalue weighted by Gasteiger charge is 2.26. The first-order valence-corrected chi connectivity index (χ1v) is 6.93. The number of hydrogen-bond donors (Lipinski definition) is 1. The zero-order valence-corrected chi connectivity index (χ0v) is 11.1. The van der Waals surface area contributed by atoms with E-state index in [0.717, 1.165) is 5.92 Å². The SMILES string of the molecule is CCCC1CCC(C(O)COC(C)C)CC1. The van der Waals surface area contributed by atoms with Crippen LogP contribution in [-0.2, 0) is 4.74 Å². The van der Waals surface area contributed by atoms with E-state index in [1.54, 1.807) is 0 Å². The van der Waals surface area contributed by atoms with E-state index in [4.69, 9.17) is 4.74 Å². The highest BCUT2D eigenvalue weighted by Crippen LogP contribution is 2.33. The number of hydrogen-bond acceptors (Lipinski definition) is 2. The summed E-state index contributed by atoms with van der Waals surface area (Å²) < 4.78 is 5.48. The Balaban J connectivity index is 2.19. The van der Waals surface area contributed by atoms with Crippen molar-refractivity contribution in [2.75, 3.05) is 6.61 Å². The molecule has 1 unspecified atom stereocenters. The van der Waals surface area contributed by atoms with Crippen molar-refractivity contribution in [3.05, 3.63) is 0 Å². The Labute approximate surface area is 100 Å². The molecule has 2 heteroatoms. The lowest BCUT2D eigenvalue weighted by atomic mass is 9.78. The molecule has 96 valence electrons. The Kier molecular flexibility index (Phi) is 6.37. The fourth-order valence-electron chi connectivity index (χ4n) is 2.70. The maximum Gasteiger partial charge on any atom is 0.0801 e. The second-order valence-electron chi connectivity index (χ2n) is 5.52. The van der Waals surface area contributed by atoms with Gasteiger partial charge >= 0.3 is 0 Å². The molecule has 1 fully saturated rings. The number of aliphatic hydroxyl groups is 1. The molecule has 0 aromatic rings. The summed E-state index contributed by atoms with van der Waals surface area (Å²) in [5, 5.41) is 10.0. The molecular weight excluding hydrogens is 200 g/mol. The molecule has 0 aromatic carbocycles. The molecule has 1 N–H and O–H groups in total. The fraction of sp³-hybridized carbons (Fsp3) is 1.00. The normalized spacial score (nSPS) is 28.3. The highest BCUT2D eigenvalue weighted by atomic mass is 16.5. The Morgan fingerprint density at radius 3 is 2.31 bits per heavy atom. The van der Waals surface area contributed by atoms with Gasteiger partial charge in [0.2, 0.25) is 0 Å². The van der Waals surface area contributed by atoms with Crippen LogP contribution in [0.5, 0.6) is 0 Å². The predicted octanol–water partition coefficient (Wildman–Crippen LogP) is 3.38. The molecule has 0 amide bonds. The van der Waals surface area contributed by atoms with E-state index in [0.29, 0.717) is 12.5 Å². The van der Waals surface area contributed by atoms with Gasteiger partial charge in [-0.05, 0) is 38.5 Å². The summed E-state index contributed by atoms with van der Waals surface area (Å²) in [6.45, 7) is 6.81. The van der Waals surface area contributed by atoms with Crippen LogP contribution in [0.2, 0.25) is 0 Å². The van der Waals surface area contributed by atoms with Crippen LogP contribution in [0.1, 0.15) is 59.3 Å². The first-order chi connectivity index (χ1) is 7.63. The highest BCUT2D eigenvalue weighted by molar-refractivity contribution is 4.77. The van der Waals surface area contributed by atoms with E-state index in [-0.39, 0.29) is 12.2 Å². The van der Waals surface area contributed by atoms with Crippen LogP contribution in [0.15, 0.2) is 0 Å². The average Bonchev–Trinajstić information content (AvgIpc) is 2.27. The summed E-state index contributed by atoms with van der Waals surface area (Å²) in [7, 11) is 0. The van der Waals surface area contributed by atoms with E-state index >= 15 is 0 Å². The molecule has 0 bridgehead atoms. The van der Waals surface area contributed by atoms with E-state index in [9.17, 15) is 5.11 Å². The van der Waals surface area contributed by atoms with Crippen molar-refractivity contribution < 1.29 is 9.84 Å². The standard InChI is InChI=1S/C14H28O2/c1-4-5-12-6-8-13(9-7-12)14(15)10-16-11(2)3/h11-15H,4-10H2,1-3H3. The Bertz CT molecular complexity index is 172. The summed E-state index contributed by atoms with van der Waals surface area (Å²) in [5.41, 5.74) is 0. The van der Waals surface area contributed by atoms with Gasteiger partial charge in [0.15, 0.2) is 0 Å². The summed E-state index contributed by atoms with van der Waals surface area (Å²) >= 11 is 0. The van der Waals surface area contributed by atoms with E-state index < -0.39 is 0 Å². The lowest BCUT2D eigenvalue weighted by Gasteiger charge is -2.31. The molecule has 0 saturated heterocycles. The fourth-order valence-corrected chi connectivity index (χ4v) is 2.70. The largest absolute Gasteiger partial charge is 0.390 e. The Morgan fingerprint density at radius 1 is 1.19 bits per heavy atom. The smallest absolute Gasteiger partial charge is 0.0801 e. The molecule has 1 aliphatic carbocycles. The molecule has 0 spiro atoms. The second kappa shape index (κ2) is 7.29. The average molecular weight is 228 g/mol. The summed E-state index contributed by atoms with van der Waals surface area (Å²) in [6, 6.07) is 0. The third-order valence-corrected chi connectivity index (χ3v) is 3.73. The van der Waals surface area contributed by atoms with Crippen LogP contribution in [0.4, 0.5) is 0 Å². The zero-order chi connectivity index (χ0) is 12.0. The number of ether oxygens (including phenoxy) is 1. The van der Waals surface area contributed by atoms with Gasteiger partial charge in [-0.25, -0.2) is 0 Å². The van der Waals surface area contributed by atoms with Gasteiger partial charge in [0.1, 0.15) is 0 Å². The first-order valence-electron chi connectivity index (χ1n) is 6.93. The van der Waals surface area contributed by atoms with Gasteiger partial charge in [-0.2, -0.15) is 0 Å². The van der Waals surface area contributed by atoms with Crippen LogP contribution < -0.4 is 0 Å². The van der Waals surface area contributed by atoms with Gasteiger partial charge in [-0.3, -0.25) is 0 Å². The monoisotopic (exact) mass is 228 g/mol. The third kappa shape index (κ3) is 4.84. The quantitative estimate of drug-likeness (QED) is 0.755. The van der Waals surface area contributed by atoms with Crippen molar-refractivity contribution >= 4 is 0 Å². The minimum Gasteiger partial charge on any atom is -0.390 e. The maximum absolute atomic E-state index is 10.0. The van der Waals surface area contributed by atoms with Gasteiger partial charge < -0.3 is 9.84 Å². The predicted molar refractivity (Wildman–Crippen MR) is 67.5 cm³/mol. The molecule has 1 aliphatic rings. The topological polar surface area (TPSA) is 29.5 Å². The van der Waals surface area contributed by atoms with Crippen molar-refractivity contribution in [1.29, 1.82) is 0 Å². The molecular formula is C14H28O2. The van der Waals surface area contributed by atoms with E-state index in [1.807, 2.05) is 13.8 Å². The van der Waals surface area contributed by atoms with E-state index in [1.165, 1.54) is 38.5 Å². The number of aliphatic hydroxyl groups excluding tert-OH is 1. The second-order valence-corrected chi connectivity index (χ2v) is 5.52. The molecule has 1 saturated carbocycles. The van der Waals surface area contributed by atoms with Gasteiger partial charge in [0.05, 0.1) is 18.8 Å². The van der Waals surface area contributed by atoms with Crippen molar-refractivity contribution in [3.63, 3.8) is 0 Å². The summed E-state index contributed by atoms with van der Waals surface area (Å²) in [4.78, 5) is 0. The van der Waals surface area contributed by atoms with Gasteiger partial charge in [-0.1, -0.05) is 32.6 Å². The zero-order valence-electron chi connectivity index (χ0n) is 11.1.